The third-order valence-corrected chi connectivity index (χ3v) is 3.12. The highest BCUT2D eigenvalue weighted by Gasteiger charge is 2.45. The fourth-order valence-electron chi connectivity index (χ4n) is 2.17. The number of carboxylic acids is 1. The number of aliphatic hydroxyl groups excluding tert-OH is 2. The van der Waals surface area contributed by atoms with Gasteiger partial charge in [-0.3, -0.25) is 14.3 Å². The molecule has 1 aliphatic heterocycles. The van der Waals surface area contributed by atoms with Crippen LogP contribution < -0.4 is 11.2 Å². The Hall–Kier alpha value is -2.01. The van der Waals surface area contributed by atoms with Crippen LogP contribution in [0, 0.1) is 0 Å². The minimum absolute atomic E-state index is 0.0603. The van der Waals surface area contributed by atoms with Crippen molar-refractivity contribution in [3.05, 3.63) is 32.6 Å². The van der Waals surface area contributed by atoms with Crippen molar-refractivity contribution < 1.29 is 29.6 Å². The van der Waals surface area contributed by atoms with Gasteiger partial charge in [0, 0.05) is 13.2 Å². The molecule has 1 unspecified atom stereocenters. The molecule has 1 aromatic heterocycles. The number of aromatic amines is 1. The van der Waals surface area contributed by atoms with Crippen LogP contribution in [0.25, 0.3) is 0 Å². The van der Waals surface area contributed by atoms with E-state index in [0.717, 1.165) is 0 Å². The maximum Gasteiger partial charge on any atom is 0.352 e. The summed E-state index contributed by atoms with van der Waals surface area (Å²) in [5.74, 6) is -1.54. The summed E-state index contributed by atoms with van der Waals surface area (Å²) in [6, 6.07) is 0.690. The van der Waals surface area contributed by atoms with Gasteiger partial charge < -0.3 is 24.8 Å². The molecule has 1 aliphatic rings. The van der Waals surface area contributed by atoms with Crippen molar-refractivity contribution in [2.75, 3.05) is 13.7 Å². The number of methoxy groups -OCH3 is 1. The predicted molar refractivity (Wildman–Crippen MR) is 66.1 cm³/mol. The van der Waals surface area contributed by atoms with E-state index in [-0.39, 0.29) is 6.61 Å². The minimum atomic E-state index is -1.55. The van der Waals surface area contributed by atoms with Gasteiger partial charge in [0.15, 0.2) is 6.23 Å². The van der Waals surface area contributed by atoms with Gasteiger partial charge in [-0.15, -0.1) is 0 Å². The van der Waals surface area contributed by atoms with Gasteiger partial charge in [-0.2, -0.15) is 0 Å². The molecular weight excluding hydrogens is 288 g/mol. The molecule has 0 spiro atoms. The van der Waals surface area contributed by atoms with Gasteiger partial charge in [0.25, 0.3) is 5.56 Å². The third kappa shape index (κ3) is 2.74. The van der Waals surface area contributed by atoms with Crippen LogP contribution >= 0.6 is 0 Å². The number of nitrogens with one attached hydrogen (secondary N) is 1. The van der Waals surface area contributed by atoms with E-state index < -0.39 is 47.5 Å². The summed E-state index contributed by atoms with van der Waals surface area (Å²) >= 11 is 0. The maximum absolute atomic E-state index is 11.8. The molecule has 0 radical (unpaired) electrons. The predicted octanol–water partition coefficient (Wildman–Crippen LogP) is -2.50. The summed E-state index contributed by atoms with van der Waals surface area (Å²) in [4.78, 5) is 36.0. The van der Waals surface area contributed by atoms with E-state index in [1.54, 1.807) is 0 Å². The number of hydrogen-bond acceptors (Lipinski definition) is 7. The second-order valence-electron chi connectivity index (χ2n) is 4.50. The monoisotopic (exact) mass is 302 g/mol. The van der Waals surface area contributed by atoms with E-state index in [0.29, 0.717) is 10.6 Å². The van der Waals surface area contributed by atoms with Crippen LogP contribution in [-0.2, 0) is 9.47 Å². The standard InChI is InChI=1S/C11H14N2O8/c1-20-3-5-7(15)8(16)9(21-5)13-4(10(17)18)2-6(14)12-11(13)19/h2,5,7-9,15-16H,3H2,1H3,(H,17,18)(H,12,14,19)/t5-,7?,8+,9-/m1/s1. The molecular formula is C11H14N2O8. The van der Waals surface area contributed by atoms with E-state index in [9.17, 15) is 24.6 Å². The van der Waals surface area contributed by atoms with Crippen molar-refractivity contribution in [1.29, 1.82) is 0 Å². The highest BCUT2D eigenvalue weighted by molar-refractivity contribution is 5.85. The van der Waals surface area contributed by atoms with Crippen molar-refractivity contribution in [3.63, 3.8) is 0 Å². The topological polar surface area (TPSA) is 151 Å². The van der Waals surface area contributed by atoms with Crippen LogP contribution in [0.5, 0.6) is 0 Å². The number of carboxylic acid groups (broad SMARTS) is 1. The Morgan fingerprint density at radius 1 is 1.43 bits per heavy atom. The van der Waals surface area contributed by atoms with Crippen molar-refractivity contribution in [2.45, 2.75) is 24.5 Å². The van der Waals surface area contributed by atoms with E-state index in [1.807, 2.05) is 4.98 Å². The average Bonchev–Trinajstić information content (AvgIpc) is 2.67. The van der Waals surface area contributed by atoms with Crippen LogP contribution in [-0.4, -0.2) is 62.9 Å². The molecule has 2 heterocycles. The highest BCUT2D eigenvalue weighted by atomic mass is 16.6. The first kappa shape index (κ1) is 15.4. The lowest BCUT2D eigenvalue weighted by Gasteiger charge is -2.19. The second kappa shape index (κ2) is 5.77. The van der Waals surface area contributed by atoms with Crippen LogP contribution in [0.15, 0.2) is 15.7 Å². The fraction of sp³-hybridized carbons (Fsp3) is 0.545. The number of aliphatic hydroxyl groups is 2. The lowest BCUT2D eigenvalue weighted by molar-refractivity contribution is -0.0625. The molecule has 0 amide bonds. The first-order chi connectivity index (χ1) is 9.86. The highest BCUT2D eigenvalue weighted by Crippen LogP contribution is 2.29. The molecule has 21 heavy (non-hydrogen) atoms. The molecule has 4 N–H and O–H groups in total. The van der Waals surface area contributed by atoms with E-state index in [4.69, 9.17) is 14.6 Å². The quantitative estimate of drug-likeness (QED) is 0.476. The Kier molecular flexibility index (Phi) is 4.23. The Labute approximate surface area is 117 Å². The van der Waals surface area contributed by atoms with E-state index in [1.165, 1.54) is 7.11 Å². The number of rotatable bonds is 4. The number of H-pyrrole nitrogens is 1. The number of nitrogens with zero attached hydrogens (tertiary/aromatic N) is 1. The van der Waals surface area contributed by atoms with Gasteiger partial charge in [0.2, 0.25) is 0 Å². The summed E-state index contributed by atoms with van der Waals surface area (Å²) in [7, 11) is 1.35. The molecule has 2 rings (SSSR count). The molecule has 1 saturated heterocycles. The summed E-state index contributed by atoms with van der Waals surface area (Å²) in [6.45, 7) is -0.0603. The van der Waals surface area contributed by atoms with Gasteiger partial charge in [-0.25, -0.2) is 9.59 Å². The summed E-state index contributed by atoms with van der Waals surface area (Å²) < 4.78 is 10.7. The van der Waals surface area contributed by atoms with Crippen LogP contribution in [0.2, 0.25) is 0 Å². The summed E-state index contributed by atoms with van der Waals surface area (Å²) in [5, 5.41) is 28.8. The van der Waals surface area contributed by atoms with Gasteiger partial charge in [-0.1, -0.05) is 0 Å². The van der Waals surface area contributed by atoms with Crippen molar-refractivity contribution in [2.24, 2.45) is 0 Å². The zero-order valence-corrected chi connectivity index (χ0v) is 10.9. The maximum atomic E-state index is 11.8. The van der Waals surface area contributed by atoms with Crippen LogP contribution in [0.4, 0.5) is 0 Å². The first-order valence-corrected chi connectivity index (χ1v) is 5.96. The fourth-order valence-corrected chi connectivity index (χ4v) is 2.17. The van der Waals surface area contributed by atoms with E-state index >= 15 is 0 Å². The van der Waals surface area contributed by atoms with E-state index in [2.05, 4.69) is 0 Å². The molecule has 1 fully saturated rings. The molecule has 0 aromatic carbocycles. The lowest BCUT2D eigenvalue weighted by atomic mass is 10.1. The third-order valence-electron chi connectivity index (χ3n) is 3.12. The zero-order valence-electron chi connectivity index (χ0n) is 10.9. The molecule has 116 valence electrons. The number of aromatic carboxylic acids is 1. The molecule has 10 heteroatoms. The normalized spacial score (nSPS) is 28.7. The largest absolute Gasteiger partial charge is 0.477 e. The summed E-state index contributed by atoms with van der Waals surface area (Å²) in [5.41, 5.74) is -2.61. The molecule has 1 aromatic rings. The number of aromatic nitrogens is 2. The second-order valence-corrected chi connectivity index (χ2v) is 4.50. The SMILES string of the molecule is COC[C@H]1O[C@@H](n2c(C(=O)O)cc(=O)[nH]c2=O)[C@@H](O)C1O. The van der Waals surface area contributed by atoms with Crippen molar-refractivity contribution in [1.82, 2.24) is 9.55 Å². The number of hydrogen-bond donors (Lipinski definition) is 4. The van der Waals surface area contributed by atoms with Crippen molar-refractivity contribution in [3.8, 4) is 0 Å². The zero-order chi connectivity index (χ0) is 15.7. The Bertz CT molecular complexity index is 650. The Morgan fingerprint density at radius 2 is 2.10 bits per heavy atom. The smallest absolute Gasteiger partial charge is 0.352 e. The summed E-state index contributed by atoms with van der Waals surface area (Å²) in [6.07, 6.45) is -5.30. The van der Waals surface area contributed by atoms with Gasteiger partial charge in [0.1, 0.15) is 24.0 Å². The number of carbonyl (C=O) groups is 1. The van der Waals surface area contributed by atoms with Gasteiger partial charge >= 0.3 is 11.7 Å². The van der Waals surface area contributed by atoms with Crippen LogP contribution in [0.1, 0.15) is 16.7 Å². The Morgan fingerprint density at radius 3 is 2.67 bits per heavy atom. The number of ether oxygens (including phenoxy) is 2. The minimum Gasteiger partial charge on any atom is -0.477 e. The molecule has 0 bridgehead atoms. The van der Waals surface area contributed by atoms with Gasteiger partial charge in [-0.05, 0) is 0 Å². The van der Waals surface area contributed by atoms with Crippen molar-refractivity contribution >= 4 is 5.97 Å². The first-order valence-electron chi connectivity index (χ1n) is 5.96. The average molecular weight is 302 g/mol. The van der Waals surface area contributed by atoms with Gasteiger partial charge in [0.05, 0.1) is 6.61 Å². The molecule has 4 atom stereocenters. The molecule has 0 aliphatic carbocycles. The Balaban J connectivity index is 2.50. The van der Waals surface area contributed by atoms with Crippen LogP contribution in [0.3, 0.4) is 0 Å². The molecule has 0 saturated carbocycles. The molecule has 10 nitrogen and oxygen atoms in total. The lowest BCUT2D eigenvalue weighted by Crippen LogP contribution is -2.40.